The topological polar surface area (TPSA) is 73.4 Å². The molecule has 180 valence electrons. The summed E-state index contributed by atoms with van der Waals surface area (Å²) in [6, 6.07) is 15.8. The van der Waals surface area contributed by atoms with Crippen LogP contribution in [-0.4, -0.2) is 50.6 Å². The smallest absolute Gasteiger partial charge is 0.246 e. The van der Waals surface area contributed by atoms with Gasteiger partial charge in [-0.25, -0.2) is 4.98 Å². The van der Waals surface area contributed by atoms with E-state index in [1.807, 2.05) is 53.6 Å². The molecule has 1 spiro atoms. The fourth-order valence-corrected chi connectivity index (χ4v) is 5.39. The molecule has 4 aliphatic heterocycles. The van der Waals surface area contributed by atoms with Crippen LogP contribution in [0, 0.1) is 0 Å². The van der Waals surface area contributed by atoms with E-state index in [1.165, 1.54) is 0 Å². The number of anilines is 2. The molecule has 3 aromatic rings. The number of carbonyl (C=O) groups excluding carboxylic acids is 1. The molecule has 0 aliphatic carbocycles. The number of hydrogen-bond acceptors (Lipinski definition) is 7. The standard InChI is InChI=1S/C26H23N3O5.ClH/c30-25-26(15-32-21-12-23-22(11-19(21)26)33-16-34-23)18-3-1-2-4-20(18)29(25)14-17-5-6-24(27-13-17)28-7-9-31-10-8-28;/h1-6,11-13H,7-10,14-16H2;1H. The van der Waals surface area contributed by atoms with Crippen LogP contribution in [0.3, 0.4) is 0 Å². The Hall–Kier alpha value is -3.49. The van der Waals surface area contributed by atoms with Gasteiger partial charge in [-0.2, -0.15) is 0 Å². The maximum absolute atomic E-state index is 14.1. The summed E-state index contributed by atoms with van der Waals surface area (Å²) in [5.41, 5.74) is 2.77. The van der Waals surface area contributed by atoms with Crippen LogP contribution >= 0.6 is 12.4 Å². The van der Waals surface area contributed by atoms with Crippen molar-refractivity contribution in [2.24, 2.45) is 0 Å². The Balaban J connectivity index is 0.00000229. The first kappa shape index (κ1) is 22.0. The lowest BCUT2D eigenvalue weighted by Crippen LogP contribution is -2.42. The summed E-state index contributed by atoms with van der Waals surface area (Å²) in [4.78, 5) is 22.8. The van der Waals surface area contributed by atoms with E-state index in [-0.39, 0.29) is 31.7 Å². The number of rotatable bonds is 3. The first-order chi connectivity index (χ1) is 16.7. The summed E-state index contributed by atoms with van der Waals surface area (Å²) in [5, 5.41) is 0. The molecule has 8 nitrogen and oxygen atoms in total. The van der Waals surface area contributed by atoms with Crippen molar-refractivity contribution in [1.29, 1.82) is 0 Å². The summed E-state index contributed by atoms with van der Waals surface area (Å²) >= 11 is 0. The number of fused-ring (bicyclic) bond motifs is 5. The van der Waals surface area contributed by atoms with Gasteiger partial charge in [0.05, 0.1) is 19.8 Å². The lowest BCUT2D eigenvalue weighted by atomic mass is 9.77. The van der Waals surface area contributed by atoms with Gasteiger partial charge in [-0.15, -0.1) is 12.4 Å². The maximum atomic E-state index is 14.1. The molecule has 0 N–H and O–H groups in total. The highest BCUT2D eigenvalue weighted by Gasteiger charge is 2.57. The zero-order valence-electron chi connectivity index (χ0n) is 18.9. The van der Waals surface area contributed by atoms with Gasteiger partial charge in [0.15, 0.2) is 11.5 Å². The van der Waals surface area contributed by atoms with Gasteiger partial charge in [0.25, 0.3) is 0 Å². The molecule has 0 radical (unpaired) electrons. The van der Waals surface area contributed by atoms with Gasteiger partial charge >= 0.3 is 0 Å². The Morgan fingerprint density at radius 2 is 1.71 bits per heavy atom. The van der Waals surface area contributed by atoms with Gasteiger partial charge in [-0.05, 0) is 29.3 Å². The molecule has 0 saturated carbocycles. The van der Waals surface area contributed by atoms with Crippen molar-refractivity contribution in [1.82, 2.24) is 4.98 Å². The lowest BCUT2D eigenvalue weighted by molar-refractivity contribution is -0.122. The largest absolute Gasteiger partial charge is 0.491 e. The minimum Gasteiger partial charge on any atom is -0.491 e. The van der Waals surface area contributed by atoms with Crippen molar-refractivity contribution < 1.29 is 23.7 Å². The highest BCUT2D eigenvalue weighted by Crippen LogP contribution is 2.55. The van der Waals surface area contributed by atoms with E-state index < -0.39 is 5.41 Å². The molecule has 7 rings (SSSR count). The fraction of sp³-hybridized carbons (Fsp3) is 0.308. The zero-order valence-corrected chi connectivity index (χ0v) is 19.8. The second-order valence-corrected chi connectivity index (χ2v) is 8.93. The average Bonchev–Trinajstić information content (AvgIpc) is 3.56. The summed E-state index contributed by atoms with van der Waals surface area (Å²) in [7, 11) is 0. The first-order valence-electron chi connectivity index (χ1n) is 11.5. The summed E-state index contributed by atoms with van der Waals surface area (Å²) in [6.45, 7) is 3.98. The van der Waals surface area contributed by atoms with Gasteiger partial charge in [0.1, 0.15) is 23.6 Å². The molecule has 9 heteroatoms. The van der Waals surface area contributed by atoms with E-state index in [0.29, 0.717) is 37.0 Å². The van der Waals surface area contributed by atoms with Crippen LogP contribution in [0.25, 0.3) is 0 Å². The summed E-state index contributed by atoms with van der Waals surface area (Å²) in [5.74, 6) is 2.91. The van der Waals surface area contributed by atoms with E-state index in [4.69, 9.17) is 18.9 Å². The van der Waals surface area contributed by atoms with E-state index in [9.17, 15) is 4.79 Å². The maximum Gasteiger partial charge on any atom is 0.246 e. The average molecular weight is 494 g/mol. The third-order valence-corrected chi connectivity index (χ3v) is 7.13. The van der Waals surface area contributed by atoms with Gasteiger partial charge in [0, 0.05) is 36.6 Å². The Bertz CT molecular complexity index is 1290. The predicted octanol–water partition coefficient (Wildman–Crippen LogP) is 3.29. The first-order valence-corrected chi connectivity index (χ1v) is 11.5. The third kappa shape index (κ3) is 3.24. The minimum absolute atomic E-state index is 0. The van der Waals surface area contributed by atoms with Crippen LogP contribution in [0.5, 0.6) is 17.2 Å². The molecule has 1 unspecified atom stereocenters. The van der Waals surface area contributed by atoms with Crippen LogP contribution in [0.4, 0.5) is 11.5 Å². The number of pyridine rings is 1. The van der Waals surface area contributed by atoms with Crippen molar-refractivity contribution in [3.05, 3.63) is 71.4 Å². The Kier molecular flexibility index (Phi) is 5.23. The highest BCUT2D eigenvalue weighted by molar-refractivity contribution is 6.11. The molecular formula is C26H24ClN3O5. The minimum atomic E-state index is -0.895. The van der Waals surface area contributed by atoms with Crippen molar-refractivity contribution in [3.63, 3.8) is 0 Å². The van der Waals surface area contributed by atoms with Crippen molar-refractivity contribution in [2.45, 2.75) is 12.0 Å². The van der Waals surface area contributed by atoms with Gasteiger partial charge < -0.3 is 28.7 Å². The molecular weight excluding hydrogens is 470 g/mol. The van der Waals surface area contributed by atoms with Crippen molar-refractivity contribution in [2.75, 3.05) is 49.5 Å². The molecule has 4 aliphatic rings. The number of ether oxygens (including phenoxy) is 4. The Labute approximate surface area is 208 Å². The lowest BCUT2D eigenvalue weighted by Gasteiger charge is -2.28. The molecule has 2 aromatic carbocycles. The number of aromatic nitrogens is 1. The van der Waals surface area contributed by atoms with E-state index >= 15 is 0 Å². The van der Waals surface area contributed by atoms with Crippen LogP contribution in [0.15, 0.2) is 54.7 Å². The third-order valence-electron chi connectivity index (χ3n) is 7.13. The van der Waals surface area contributed by atoms with E-state index in [1.54, 1.807) is 0 Å². The van der Waals surface area contributed by atoms with Crippen molar-refractivity contribution in [3.8, 4) is 17.2 Å². The van der Waals surface area contributed by atoms with Crippen LogP contribution in [-0.2, 0) is 21.5 Å². The Morgan fingerprint density at radius 3 is 2.51 bits per heavy atom. The molecule has 35 heavy (non-hydrogen) atoms. The highest BCUT2D eigenvalue weighted by atomic mass is 35.5. The zero-order chi connectivity index (χ0) is 22.7. The van der Waals surface area contributed by atoms with Crippen LogP contribution < -0.4 is 24.0 Å². The number of nitrogens with zero attached hydrogens (tertiary/aromatic N) is 3. The SMILES string of the molecule is Cl.O=C1N(Cc2ccc(N3CCOCC3)nc2)c2ccccc2C12COc1cc3c(cc12)OCO3. The van der Waals surface area contributed by atoms with E-state index in [2.05, 4.69) is 16.0 Å². The number of para-hydroxylation sites is 1. The number of benzene rings is 2. The predicted molar refractivity (Wildman–Crippen MR) is 131 cm³/mol. The molecule has 1 fully saturated rings. The normalized spacial score (nSPS) is 21.5. The van der Waals surface area contributed by atoms with Crippen LogP contribution in [0.1, 0.15) is 16.7 Å². The quantitative estimate of drug-likeness (QED) is 0.554. The molecule has 1 atom stereocenters. The summed E-state index contributed by atoms with van der Waals surface area (Å²) < 4.78 is 22.6. The molecule has 1 aromatic heterocycles. The fourth-order valence-electron chi connectivity index (χ4n) is 5.39. The molecule has 1 saturated heterocycles. The van der Waals surface area contributed by atoms with Gasteiger partial charge in [0.2, 0.25) is 12.7 Å². The van der Waals surface area contributed by atoms with Gasteiger partial charge in [-0.1, -0.05) is 24.3 Å². The number of hydrogen-bond donors (Lipinski definition) is 0. The number of morpholine rings is 1. The molecule has 0 bridgehead atoms. The van der Waals surface area contributed by atoms with E-state index in [0.717, 1.165) is 41.3 Å². The second-order valence-electron chi connectivity index (χ2n) is 8.93. The van der Waals surface area contributed by atoms with Crippen LogP contribution in [0.2, 0.25) is 0 Å². The van der Waals surface area contributed by atoms with Gasteiger partial charge in [-0.3, -0.25) is 4.79 Å². The molecule has 5 heterocycles. The number of amides is 1. The Morgan fingerprint density at radius 1 is 0.914 bits per heavy atom. The monoisotopic (exact) mass is 493 g/mol. The number of halogens is 1. The molecule has 1 amide bonds. The summed E-state index contributed by atoms with van der Waals surface area (Å²) in [6.07, 6.45) is 1.86. The van der Waals surface area contributed by atoms with Crippen molar-refractivity contribution >= 4 is 29.8 Å². The number of carbonyl (C=O) groups is 1. The second kappa shape index (κ2) is 8.32.